The zero-order valence-corrected chi connectivity index (χ0v) is 11.8. The molecule has 100 valence electrons. The Morgan fingerprint density at radius 1 is 1.44 bits per heavy atom. The first-order valence-electron chi connectivity index (χ1n) is 5.77. The van der Waals surface area contributed by atoms with Crippen LogP contribution >= 0.6 is 11.3 Å². The van der Waals surface area contributed by atoms with Gasteiger partial charge in [-0.15, -0.1) is 0 Å². The number of aromatic nitrogens is 1. The summed E-state index contributed by atoms with van der Waals surface area (Å²) in [6, 6.07) is -0.493. The molecule has 1 unspecified atom stereocenters. The van der Waals surface area contributed by atoms with Crippen LogP contribution in [0.15, 0.2) is 10.2 Å². The highest BCUT2D eigenvalue weighted by atomic mass is 32.1. The van der Waals surface area contributed by atoms with E-state index in [9.17, 15) is 14.4 Å². The Morgan fingerprint density at radius 3 is 2.44 bits per heavy atom. The maximum atomic E-state index is 11.8. The monoisotopic (exact) mass is 270 g/mol. The van der Waals surface area contributed by atoms with E-state index in [1.807, 2.05) is 13.8 Å². The molecule has 0 saturated carbocycles. The number of carbonyl (C=O) groups excluding carboxylic acids is 2. The molecular formula is C12H18N2O3S. The summed E-state index contributed by atoms with van der Waals surface area (Å²) < 4.78 is 1.40. The van der Waals surface area contributed by atoms with Crippen LogP contribution in [0.1, 0.15) is 26.5 Å². The molecule has 1 heterocycles. The average Bonchev–Trinajstić information content (AvgIpc) is 2.56. The number of Topliss-reactive ketones (excluding diaryl/α,β-unsaturated/α-hetero) is 1. The lowest BCUT2D eigenvalue weighted by Crippen LogP contribution is -2.45. The molecule has 1 amide bonds. The quantitative estimate of drug-likeness (QED) is 0.866. The van der Waals surface area contributed by atoms with E-state index in [-0.39, 0.29) is 29.0 Å². The molecular weight excluding hydrogens is 252 g/mol. The van der Waals surface area contributed by atoms with Crippen LogP contribution in [0.3, 0.4) is 0 Å². The third kappa shape index (κ3) is 3.53. The summed E-state index contributed by atoms with van der Waals surface area (Å²) in [6.07, 6.45) is 0. The van der Waals surface area contributed by atoms with Crippen LogP contribution in [-0.4, -0.2) is 22.3 Å². The molecule has 1 aromatic rings. The van der Waals surface area contributed by atoms with Crippen molar-refractivity contribution < 1.29 is 9.59 Å². The van der Waals surface area contributed by atoms with Crippen LogP contribution in [0, 0.1) is 12.8 Å². The molecule has 6 heteroatoms. The minimum Gasteiger partial charge on any atom is -0.344 e. The van der Waals surface area contributed by atoms with E-state index in [1.165, 1.54) is 11.5 Å². The van der Waals surface area contributed by atoms with Crippen molar-refractivity contribution in [1.29, 1.82) is 0 Å². The number of thiazole rings is 1. The first-order chi connectivity index (χ1) is 8.32. The maximum absolute atomic E-state index is 11.8. The second-order valence-electron chi connectivity index (χ2n) is 4.63. The number of carbonyl (C=O) groups is 2. The minimum absolute atomic E-state index is 0.0340. The van der Waals surface area contributed by atoms with Crippen molar-refractivity contribution in [3.05, 3.63) is 20.7 Å². The van der Waals surface area contributed by atoms with Crippen LogP contribution in [0.2, 0.25) is 0 Å². The summed E-state index contributed by atoms with van der Waals surface area (Å²) in [7, 11) is 0. The second-order valence-corrected chi connectivity index (χ2v) is 5.45. The van der Waals surface area contributed by atoms with E-state index in [4.69, 9.17) is 0 Å². The van der Waals surface area contributed by atoms with Crippen LogP contribution in [-0.2, 0) is 16.1 Å². The van der Waals surface area contributed by atoms with Crippen LogP contribution in [0.25, 0.3) is 0 Å². The van der Waals surface area contributed by atoms with Crippen molar-refractivity contribution >= 4 is 23.0 Å². The third-order valence-electron chi connectivity index (χ3n) is 2.70. The first kappa shape index (κ1) is 14.6. The largest absolute Gasteiger partial charge is 0.344 e. The van der Waals surface area contributed by atoms with E-state index < -0.39 is 6.04 Å². The summed E-state index contributed by atoms with van der Waals surface area (Å²) in [6.45, 7) is 6.93. The van der Waals surface area contributed by atoms with Gasteiger partial charge in [-0.1, -0.05) is 25.2 Å². The molecule has 0 fully saturated rings. The smallest absolute Gasteiger partial charge is 0.307 e. The van der Waals surface area contributed by atoms with Gasteiger partial charge in [-0.05, 0) is 19.8 Å². The second kappa shape index (κ2) is 5.95. The van der Waals surface area contributed by atoms with Crippen LogP contribution in [0.5, 0.6) is 0 Å². The molecule has 0 aromatic carbocycles. The molecule has 5 nitrogen and oxygen atoms in total. The average molecular weight is 270 g/mol. The number of hydrogen-bond donors (Lipinski definition) is 1. The van der Waals surface area contributed by atoms with Crippen molar-refractivity contribution in [3.8, 4) is 0 Å². The fourth-order valence-electron chi connectivity index (χ4n) is 1.70. The third-order valence-corrected chi connectivity index (χ3v) is 3.58. The van der Waals surface area contributed by atoms with Crippen molar-refractivity contribution in [2.24, 2.45) is 5.92 Å². The number of nitrogens with one attached hydrogen (secondary N) is 1. The lowest BCUT2D eigenvalue weighted by Gasteiger charge is -2.19. The Kier molecular flexibility index (Phi) is 4.84. The standard InChI is InChI=1S/C12H18N2O3S/c1-7(2)11(9(4)15)13-10(16)5-14-8(3)6-18-12(14)17/h6-7,11H,5H2,1-4H3,(H,13,16). The van der Waals surface area contributed by atoms with Gasteiger partial charge in [0.1, 0.15) is 6.54 Å². The van der Waals surface area contributed by atoms with Gasteiger partial charge in [0.2, 0.25) is 5.91 Å². The Labute approximate surface area is 110 Å². The number of hydrogen-bond acceptors (Lipinski definition) is 4. The Balaban J connectivity index is 2.73. The van der Waals surface area contributed by atoms with Gasteiger partial charge >= 0.3 is 4.87 Å². The summed E-state index contributed by atoms with van der Waals surface area (Å²) in [4.78, 5) is 34.5. The van der Waals surface area contributed by atoms with Gasteiger partial charge in [-0.3, -0.25) is 19.0 Å². The number of nitrogens with zero attached hydrogens (tertiary/aromatic N) is 1. The maximum Gasteiger partial charge on any atom is 0.307 e. The van der Waals surface area contributed by atoms with Gasteiger partial charge in [-0.2, -0.15) is 0 Å². The Morgan fingerprint density at radius 2 is 2.06 bits per heavy atom. The molecule has 18 heavy (non-hydrogen) atoms. The van der Waals surface area contributed by atoms with Crippen molar-refractivity contribution in [3.63, 3.8) is 0 Å². The summed E-state index contributed by atoms with van der Waals surface area (Å²) in [5.74, 6) is -0.355. The van der Waals surface area contributed by atoms with Crippen molar-refractivity contribution in [1.82, 2.24) is 9.88 Å². The van der Waals surface area contributed by atoms with Crippen molar-refractivity contribution in [2.75, 3.05) is 0 Å². The summed E-state index contributed by atoms with van der Waals surface area (Å²) in [5, 5.41) is 4.37. The normalized spacial score (nSPS) is 12.5. The van der Waals surface area contributed by atoms with Gasteiger partial charge in [-0.25, -0.2) is 0 Å². The molecule has 0 aliphatic heterocycles. The molecule has 0 bridgehead atoms. The number of rotatable bonds is 5. The lowest BCUT2D eigenvalue weighted by atomic mass is 10.0. The molecule has 0 radical (unpaired) electrons. The Bertz CT molecular complexity index is 502. The summed E-state index contributed by atoms with van der Waals surface area (Å²) in [5.41, 5.74) is 0.754. The van der Waals surface area contributed by atoms with Gasteiger partial charge in [0.15, 0.2) is 5.78 Å². The molecule has 0 aliphatic rings. The fourth-order valence-corrected chi connectivity index (χ4v) is 2.43. The molecule has 0 saturated heterocycles. The number of amides is 1. The zero-order valence-electron chi connectivity index (χ0n) is 11.0. The highest BCUT2D eigenvalue weighted by molar-refractivity contribution is 7.07. The van der Waals surface area contributed by atoms with Gasteiger partial charge in [0.05, 0.1) is 6.04 Å². The van der Waals surface area contributed by atoms with Gasteiger partial charge in [0, 0.05) is 11.1 Å². The number of aryl methyl sites for hydroxylation is 1. The van der Waals surface area contributed by atoms with Crippen LogP contribution < -0.4 is 10.2 Å². The topological polar surface area (TPSA) is 68.2 Å². The molecule has 1 rings (SSSR count). The molecule has 0 aliphatic carbocycles. The van der Waals surface area contributed by atoms with Crippen LogP contribution in [0.4, 0.5) is 0 Å². The predicted molar refractivity (Wildman–Crippen MR) is 70.8 cm³/mol. The van der Waals surface area contributed by atoms with E-state index in [0.717, 1.165) is 17.0 Å². The van der Waals surface area contributed by atoms with Crippen molar-refractivity contribution in [2.45, 2.75) is 40.3 Å². The van der Waals surface area contributed by atoms with E-state index >= 15 is 0 Å². The SMILES string of the molecule is CC(=O)C(NC(=O)Cn1c(C)csc1=O)C(C)C. The fraction of sp³-hybridized carbons (Fsp3) is 0.583. The highest BCUT2D eigenvalue weighted by Gasteiger charge is 2.21. The Hall–Kier alpha value is -1.43. The minimum atomic E-state index is -0.493. The lowest BCUT2D eigenvalue weighted by molar-refractivity contribution is -0.128. The summed E-state index contributed by atoms with van der Waals surface area (Å²) >= 11 is 1.06. The zero-order chi connectivity index (χ0) is 13.9. The van der Waals surface area contributed by atoms with E-state index in [1.54, 1.807) is 12.3 Å². The molecule has 1 aromatic heterocycles. The first-order valence-corrected chi connectivity index (χ1v) is 6.65. The van der Waals surface area contributed by atoms with Gasteiger partial charge in [0.25, 0.3) is 0 Å². The molecule has 1 atom stereocenters. The van der Waals surface area contributed by atoms with E-state index in [2.05, 4.69) is 5.32 Å². The number of ketones is 1. The highest BCUT2D eigenvalue weighted by Crippen LogP contribution is 2.04. The molecule has 0 spiro atoms. The molecule has 1 N–H and O–H groups in total. The predicted octanol–water partition coefficient (Wildman–Crippen LogP) is 0.948. The van der Waals surface area contributed by atoms with E-state index in [0.29, 0.717) is 0 Å². The van der Waals surface area contributed by atoms with Gasteiger partial charge < -0.3 is 5.32 Å².